The smallest absolute Gasteiger partial charge is 0.462 e. The van der Waals surface area contributed by atoms with Crippen LogP contribution < -0.4 is 5.32 Å². The number of amides is 1. The Kier molecular flexibility index (Phi) is 53.4. The molecule has 0 saturated carbocycles. The second-order valence-corrected chi connectivity index (χ2v) is 20.8. The van der Waals surface area contributed by atoms with Crippen LogP contribution in [0.5, 0.6) is 0 Å². The van der Waals surface area contributed by atoms with E-state index in [-0.39, 0.29) is 38.5 Å². The minimum absolute atomic E-state index is 0.0507. The SMILES string of the molecule is CC/C=C\C/C=C\C/C=C\C/C=C\C/C=C\C/C=C\CCC(=O)O[C@H](COC(=O)CCCCCCCCCCCCCCCCC)COP(=O)(O)OCCNC(=O)CCCCCCCCCCCCCCC. The molecular formula is C61H108NO9P. The molecule has 0 aliphatic heterocycles. The number of ether oxygens (including phenoxy) is 2. The Balaban J connectivity index is 4.64. The van der Waals surface area contributed by atoms with E-state index in [4.69, 9.17) is 18.5 Å². The molecule has 0 spiro atoms. The van der Waals surface area contributed by atoms with Crippen molar-refractivity contribution in [1.82, 2.24) is 5.32 Å². The van der Waals surface area contributed by atoms with Crippen LogP contribution in [0.1, 0.15) is 265 Å². The Labute approximate surface area is 441 Å². The maximum atomic E-state index is 12.8. The van der Waals surface area contributed by atoms with E-state index in [1.165, 1.54) is 135 Å². The zero-order chi connectivity index (χ0) is 52.5. The van der Waals surface area contributed by atoms with Crippen molar-refractivity contribution in [3.63, 3.8) is 0 Å². The van der Waals surface area contributed by atoms with Crippen LogP contribution in [-0.4, -0.2) is 55.2 Å². The van der Waals surface area contributed by atoms with Crippen LogP contribution in [0.2, 0.25) is 0 Å². The zero-order valence-electron chi connectivity index (χ0n) is 46.4. The highest BCUT2D eigenvalue weighted by molar-refractivity contribution is 7.47. The molecule has 0 bridgehead atoms. The molecule has 10 nitrogen and oxygen atoms in total. The van der Waals surface area contributed by atoms with E-state index >= 15 is 0 Å². The quantitative estimate of drug-likeness (QED) is 0.0264. The zero-order valence-corrected chi connectivity index (χ0v) is 47.3. The molecule has 0 aromatic carbocycles. The van der Waals surface area contributed by atoms with Gasteiger partial charge in [-0.25, -0.2) is 4.57 Å². The highest BCUT2D eigenvalue weighted by Crippen LogP contribution is 2.43. The van der Waals surface area contributed by atoms with Gasteiger partial charge < -0.3 is 19.7 Å². The maximum Gasteiger partial charge on any atom is 0.472 e. The number of phosphoric ester groups is 1. The van der Waals surface area contributed by atoms with Gasteiger partial charge in [0.2, 0.25) is 5.91 Å². The molecule has 0 rings (SSSR count). The lowest BCUT2D eigenvalue weighted by Gasteiger charge is -2.20. The fourth-order valence-corrected chi connectivity index (χ4v) is 8.81. The highest BCUT2D eigenvalue weighted by atomic mass is 31.2. The first-order valence-electron chi connectivity index (χ1n) is 29.4. The summed E-state index contributed by atoms with van der Waals surface area (Å²) in [7, 11) is -4.56. The number of phosphoric acid groups is 1. The molecule has 0 aromatic rings. The average Bonchev–Trinajstić information content (AvgIpc) is 3.37. The first-order chi connectivity index (χ1) is 35.2. The predicted octanol–water partition coefficient (Wildman–Crippen LogP) is 17.9. The van der Waals surface area contributed by atoms with E-state index in [9.17, 15) is 23.8 Å². The molecule has 0 fully saturated rings. The third kappa shape index (κ3) is 54.7. The lowest BCUT2D eigenvalue weighted by molar-refractivity contribution is -0.161. The van der Waals surface area contributed by atoms with Crippen LogP contribution in [0.15, 0.2) is 72.9 Å². The number of hydrogen-bond donors (Lipinski definition) is 2. The summed E-state index contributed by atoms with van der Waals surface area (Å²) in [6, 6.07) is 0. The van der Waals surface area contributed by atoms with Crippen LogP contribution in [0, 0.1) is 0 Å². The van der Waals surface area contributed by atoms with E-state index in [1.54, 1.807) is 0 Å². The Hall–Kier alpha value is -3.04. The summed E-state index contributed by atoms with van der Waals surface area (Å²) in [5.74, 6) is -1.08. The number of rotatable bonds is 54. The molecule has 1 unspecified atom stereocenters. The van der Waals surface area contributed by atoms with Gasteiger partial charge in [0.05, 0.1) is 13.2 Å². The molecule has 0 aliphatic rings. The largest absolute Gasteiger partial charge is 0.472 e. The number of carbonyl (C=O) groups is 3. The van der Waals surface area contributed by atoms with Gasteiger partial charge in [0.15, 0.2) is 6.10 Å². The number of allylic oxidation sites excluding steroid dienone is 12. The van der Waals surface area contributed by atoms with Gasteiger partial charge >= 0.3 is 19.8 Å². The number of unbranched alkanes of at least 4 members (excludes halogenated alkanes) is 26. The first-order valence-corrected chi connectivity index (χ1v) is 30.9. The van der Waals surface area contributed by atoms with E-state index in [1.807, 2.05) is 12.2 Å². The summed E-state index contributed by atoms with van der Waals surface area (Å²) in [6.45, 7) is 5.65. The van der Waals surface area contributed by atoms with Crippen molar-refractivity contribution >= 4 is 25.7 Å². The summed E-state index contributed by atoms with van der Waals surface area (Å²) in [4.78, 5) is 48.2. The third-order valence-corrected chi connectivity index (χ3v) is 13.4. The molecule has 2 atom stereocenters. The molecular weight excluding hydrogens is 922 g/mol. The van der Waals surface area contributed by atoms with Crippen molar-refractivity contribution < 1.29 is 42.4 Å². The molecule has 0 aromatic heterocycles. The van der Waals surface area contributed by atoms with Crippen molar-refractivity contribution in [3.8, 4) is 0 Å². The maximum absolute atomic E-state index is 12.8. The molecule has 11 heteroatoms. The minimum atomic E-state index is -4.56. The Morgan fingerprint density at radius 1 is 0.444 bits per heavy atom. The third-order valence-electron chi connectivity index (χ3n) is 12.4. The Morgan fingerprint density at radius 2 is 0.819 bits per heavy atom. The fourth-order valence-electron chi connectivity index (χ4n) is 8.06. The van der Waals surface area contributed by atoms with Crippen LogP contribution in [0.25, 0.3) is 0 Å². The Bertz CT molecular complexity index is 1470. The van der Waals surface area contributed by atoms with Crippen molar-refractivity contribution in [2.75, 3.05) is 26.4 Å². The molecule has 0 radical (unpaired) electrons. The van der Waals surface area contributed by atoms with Crippen molar-refractivity contribution in [1.29, 1.82) is 0 Å². The molecule has 72 heavy (non-hydrogen) atoms. The molecule has 0 saturated heterocycles. The van der Waals surface area contributed by atoms with Gasteiger partial charge in [-0.05, 0) is 57.8 Å². The number of esters is 2. The van der Waals surface area contributed by atoms with Gasteiger partial charge in [0.1, 0.15) is 6.61 Å². The normalized spacial score (nSPS) is 13.4. The van der Waals surface area contributed by atoms with Gasteiger partial charge in [-0.1, -0.05) is 261 Å². The molecule has 0 aliphatic carbocycles. The number of hydrogen-bond acceptors (Lipinski definition) is 8. The summed E-state index contributed by atoms with van der Waals surface area (Å²) in [6.07, 6.45) is 65.6. The van der Waals surface area contributed by atoms with E-state index < -0.39 is 32.5 Å². The summed E-state index contributed by atoms with van der Waals surface area (Å²) in [5, 5.41) is 2.73. The fraction of sp³-hybridized carbons (Fsp3) is 0.754. The van der Waals surface area contributed by atoms with Gasteiger partial charge in [0.25, 0.3) is 0 Å². The number of nitrogens with one attached hydrogen (secondary N) is 1. The van der Waals surface area contributed by atoms with Crippen molar-refractivity contribution in [2.24, 2.45) is 0 Å². The molecule has 2 N–H and O–H groups in total. The predicted molar refractivity (Wildman–Crippen MR) is 303 cm³/mol. The summed E-state index contributed by atoms with van der Waals surface area (Å²) < 4.78 is 34.1. The van der Waals surface area contributed by atoms with E-state index in [0.717, 1.165) is 77.0 Å². The standard InChI is InChI=1S/C61H108NO9P/c1-4-7-10-13-16-19-22-25-27-28-29-30-32-35-38-41-44-47-50-53-61(65)71-58(56-68-60(64)52-49-46-43-40-37-34-31-26-23-20-17-14-11-8-5-2)57-70-72(66,67)69-55-54-62-59(63)51-48-45-42-39-36-33-24-21-18-15-12-9-6-3/h7,10,16,19,25,27,29-30,35,38,44,47,58H,4-6,8-9,11-15,17-18,20-24,26,28,31-34,36-37,39-43,45-46,48-57H2,1-3H3,(H,62,63)(H,66,67)/b10-7-,19-16-,27-25-,30-29-,38-35-,47-44-/t58-/m1/s1. The lowest BCUT2D eigenvalue weighted by Crippen LogP contribution is -2.30. The molecule has 0 heterocycles. The van der Waals surface area contributed by atoms with Crippen LogP contribution in [0.3, 0.4) is 0 Å². The van der Waals surface area contributed by atoms with Crippen molar-refractivity contribution in [3.05, 3.63) is 72.9 Å². The molecule has 416 valence electrons. The first kappa shape index (κ1) is 69.0. The second-order valence-electron chi connectivity index (χ2n) is 19.4. The summed E-state index contributed by atoms with van der Waals surface area (Å²) >= 11 is 0. The number of carbonyl (C=O) groups excluding carboxylic acids is 3. The van der Waals surface area contributed by atoms with Gasteiger partial charge in [-0.2, -0.15) is 0 Å². The lowest BCUT2D eigenvalue weighted by atomic mass is 10.0. The van der Waals surface area contributed by atoms with E-state index in [0.29, 0.717) is 19.3 Å². The molecule has 1 amide bonds. The topological polar surface area (TPSA) is 137 Å². The van der Waals surface area contributed by atoms with E-state index in [2.05, 4.69) is 86.8 Å². The average molecular weight is 1030 g/mol. The second kappa shape index (κ2) is 55.7. The van der Waals surface area contributed by atoms with Crippen LogP contribution >= 0.6 is 7.82 Å². The minimum Gasteiger partial charge on any atom is -0.462 e. The van der Waals surface area contributed by atoms with Gasteiger partial charge in [0, 0.05) is 25.8 Å². The van der Waals surface area contributed by atoms with Gasteiger partial charge in [-0.15, -0.1) is 0 Å². The van der Waals surface area contributed by atoms with Gasteiger partial charge in [-0.3, -0.25) is 23.4 Å². The van der Waals surface area contributed by atoms with Crippen LogP contribution in [0.4, 0.5) is 0 Å². The monoisotopic (exact) mass is 1030 g/mol. The Morgan fingerprint density at radius 3 is 1.24 bits per heavy atom. The summed E-state index contributed by atoms with van der Waals surface area (Å²) in [5.41, 5.74) is 0. The highest BCUT2D eigenvalue weighted by Gasteiger charge is 2.26. The van der Waals surface area contributed by atoms with Crippen molar-refractivity contribution in [2.45, 2.75) is 271 Å². The van der Waals surface area contributed by atoms with Crippen LogP contribution in [-0.2, 0) is 37.5 Å².